The molecule has 0 atom stereocenters. The first-order chi connectivity index (χ1) is 15.1. The number of hydrogen-bond donors (Lipinski definition) is 1. The van der Waals surface area contributed by atoms with E-state index in [9.17, 15) is 4.79 Å². The van der Waals surface area contributed by atoms with E-state index in [1.165, 1.54) is 12.7 Å². The van der Waals surface area contributed by atoms with Crippen LogP contribution in [0, 0.1) is 6.92 Å². The number of anilines is 2. The Labute approximate surface area is 181 Å². The van der Waals surface area contributed by atoms with Crippen LogP contribution in [-0.4, -0.2) is 23.0 Å². The molecular formula is C26H23N3O2. The fourth-order valence-electron chi connectivity index (χ4n) is 3.37. The van der Waals surface area contributed by atoms with Gasteiger partial charge in [-0.3, -0.25) is 0 Å². The van der Waals surface area contributed by atoms with Gasteiger partial charge in [-0.15, -0.1) is 0 Å². The first kappa shape index (κ1) is 20.3. The number of ether oxygens (including phenoxy) is 1. The highest BCUT2D eigenvalue weighted by atomic mass is 16.5. The molecule has 5 nitrogen and oxygen atoms in total. The van der Waals surface area contributed by atoms with Crippen LogP contribution in [-0.2, 0) is 11.2 Å². The van der Waals surface area contributed by atoms with Gasteiger partial charge in [0.25, 0.3) is 0 Å². The quantitative estimate of drug-likeness (QED) is 0.422. The van der Waals surface area contributed by atoms with Crippen LogP contribution in [0.2, 0.25) is 0 Å². The van der Waals surface area contributed by atoms with Crippen molar-refractivity contribution in [2.45, 2.75) is 13.3 Å². The topological polar surface area (TPSA) is 64.1 Å². The molecular weight excluding hydrogens is 386 g/mol. The Morgan fingerprint density at radius 3 is 2.16 bits per heavy atom. The average Bonchev–Trinajstić information content (AvgIpc) is 2.82. The van der Waals surface area contributed by atoms with Crippen LogP contribution in [0.4, 0.5) is 11.5 Å². The van der Waals surface area contributed by atoms with E-state index < -0.39 is 0 Å². The fourth-order valence-corrected chi connectivity index (χ4v) is 3.37. The maximum absolute atomic E-state index is 11.7. The number of rotatable bonds is 6. The lowest BCUT2D eigenvalue weighted by Crippen LogP contribution is -2.07. The number of benzene rings is 3. The summed E-state index contributed by atoms with van der Waals surface area (Å²) in [5.41, 5.74) is 5.43. The molecule has 4 rings (SSSR count). The van der Waals surface area contributed by atoms with Gasteiger partial charge in [0.05, 0.1) is 12.7 Å². The molecule has 0 fully saturated rings. The lowest BCUT2D eigenvalue weighted by atomic mass is 10.0. The molecule has 154 valence electrons. The number of aryl methyl sites for hydroxylation is 1. The minimum absolute atomic E-state index is 0.361. The predicted molar refractivity (Wildman–Crippen MR) is 123 cm³/mol. The van der Waals surface area contributed by atoms with Crippen molar-refractivity contribution in [3.8, 4) is 11.4 Å². The summed E-state index contributed by atoms with van der Waals surface area (Å²) >= 11 is 0. The van der Waals surface area contributed by atoms with E-state index in [2.05, 4.69) is 17.4 Å². The first-order valence-corrected chi connectivity index (χ1v) is 10.1. The minimum Gasteiger partial charge on any atom is -0.465 e. The molecule has 31 heavy (non-hydrogen) atoms. The second kappa shape index (κ2) is 9.22. The van der Waals surface area contributed by atoms with Gasteiger partial charge in [-0.25, -0.2) is 14.8 Å². The standard InChI is InChI=1S/C26H23N3O2/c1-18-23(17-19-9-5-3-6-10-19)25(29-24(27-18)20-11-7-4-8-12-20)28-22-15-13-21(14-16-22)26(30)31-2/h3-16H,17H2,1-2H3,(H,27,28,29). The zero-order chi connectivity index (χ0) is 21.6. The first-order valence-electron chi connectivity index (χ1n) is 10.1. The Kier molecular flexibility index (Phi) is 6.03. The number of methoxy groups -OCH3 is 1. The molecule has 3 aromatic carbocycles. The van der Waals surface area contributed by atoms with Crippen molar-refractivity contribution >= 4 is 17.5 Å². The van der Waals surface area contributed by atoms with Gasteiger partial charge in [0.2, 0.25) is 0 Å². The molecule has 0 aliphatic heterocycles. The van der Waals surface area contributed by atoms with Crippen LogP contribution < -0.4 is 5.32 Å². The van der Waals surface area contributed by atoms with E-state index in [4.69, 9.17) is 14.7 Å². The number of hydrogen-bond acceptors (Lipinski definition) is 5. The summed E-state index contributed by atoms with van der Waals surface area (Å²) < 4.78 is 4.78. The van der Waals surface area contributed by atoms with Crippen molar-refractivity contribution in [3.05, 3.63) is 107 Å². The number of carbonyl (C=O) groups excluding carboxylic acids is 1. The van der Waals surface area contributed by atoms with E-state index in [0.717, 1.165) is 28.3 Å². The van der Waals surface area contributed by atoms with Crippen LogP contribution in [0.1, 0.15) is 27.2 Å². The summed E-state index contributed by atoms with van der Waals surface area (Å²) in [7, 11) is 1.37. The zero-order valence-corrected chi connectivity index (χ0v) is 17.5. The number of carbonyl (C=O) groups is 1. The lowest BCUT2D eigenvalue weighted by molar-refractivity contribution is 0.0601. The van der Waals surface area contributed by atoms with Crippen molar-refractivity contribution in [2.75, 3.05) is 12.4 Å². The average molecular weight is 409 g/mol. The molecule has 1 heterocycles. The van der Waals surface area contributed by atoms with E-state index in [1.54, 1.807) is 12.1 Å². The molecule has 4 aromatic rings. The lowest BCUT2D eigenvalue weighted by Gasteiger charge is -2.16. The Balaban J connectivity index is 1.73. The van der Waals surface area contributed by atoms with Gasteiger partial charge in [-0.05, 0) is 36.8 Å². The summed E-state index contributed by atoms with van der Waals surface area (Å²) in [6.45, 7) is 2.01. The summed E-state index contributed by atoms with van der Waals surface area (Å²) in [4.78, 5) is 21.4. The van der Waals surface area contributed by atoms with Crippen LogP contribution in [0.3, 0.4) is 0 Å². The monoisotopic (exact) mass is 409 g/mol. The van der Waals surface area contributed by atoms with Crippen LogP contribution in [0.5, 0.6) is 0 Å². The highest BCUT2D eigenvalue weighted by Gasteiger charge is 2.14. The Morgan fingerprint density at radius 1 is 0.871 bits per heavy atom. The van der Waals surface area contributed by atoms with Crippen LogP contribution >= 0.6 is 0 Å². The number of nitrogens with one attached hydrogen (secondary N) is 1. The van der Waals surface area contributed by atoms with Crippen molar-refractivity contribution in [2.24, 2.45) is 0 Å². The maximum atomic E-state index is 11.7. The normalized spacial score (nSPS) is 10.5. The molecule has 0 aliphatic carbocycles. The van der Waals surface area contributed by atoms with Gasteiger partial charge in [0, 0.05) is 28.9 Å². The molecule has 0 radical (unpaired) electrons. The van der Waals surface area contributed by atoms with E-state index >= 15 is 0 Å². The Morgan fingerprint density at radius 2 is 1.52 bits per heavy atom. The second-order valence-electron chi connectivity index (χ2n) is 7.18. The van der Waals surface area contributed by atoms with Crippen LogP contribution in [0.15, 0.2) is 84.9 Å². The van der Waals surface area contributed by atoms with Gasteiger partial charge in [-0.1, -0.05) is 60.7 Å². The molecule has 0 aliphatic rings. The molecule has 0 unspecified atom stereocenters. The van der Waals surface area contributed by atoms with Crippen molar-refractivity contribution in [1.82, 2.24) is 9.97 Å². The SMILES string of the molecule is COC(=O)c1ccc(Nc2nc(-c3ccccc3)nc(C)c2Cc2ccccc2)cc1. The molecule has 0 bridgehead atoms. The minimum atomic E-state index is -0.361. The Bertz CT molecular complexity index is 1170. The molecule has 0 saturated heterocycles. The molecule has 1 N–H and O–H groups in total. The third-order valence-electron chi connectivity index (χ3n) is 5.04. The summed E-state index contributed by atoms with van der Waals surface area (Å²) in [5, 5.41) is 3.42. The molecule has 0 amide bonds. The predicted octanol–water partition coefficient (Wildman–Crippen LogP) is 5.57. The van der Waals surface area contributed by atoms with Gasteiger partial charge in [-0.2, -0.15) is 0 Å². The van der Waals surface area contributed by atoms with Gasteiger partial charge in [0.15, 0.2) is 5.82 Å². The number of nitrogens with zero attached hydrogens (tertiary/aromatic N) is 2. The van der Waals surface area contributed by atoms with Gasteiger partial charge >= 0.3 is 5.97 Å². The number of aromatic nitrogens is 2. The van der Waals surface area contributed by atoms with E-state index in [0.29, 0.717) is 17.8 Å². The highest BCUT2D eigenvalue weighted by Crippen LogP contribution is 2.27. The molecule has 0 saturated carbocycles. The maximum Gasteiger partial charge on any atom is 0.337 e. The molecule has 0 spiro atoms. The molecule has 1 aromatic heterocycles. The van der Waals surface area contributed by atoms with Crippen LogP contribution in [0.25, 0.3) is 11.4 Å². The van der Waals surface area contributed by atoms with Crippen molar-refractivity contribution < 1.29 is 9.53 Å². The Hall–Kier alpha value is -3.99. The highest BCUT2D eigenvalue weighted by molar-refractivity contribution is 5.89. The van der Waals surface area contributed by atoms with Gasteiger partial charge in [0.1, 0.15) is 5.82 Å². The third-order valence-corrected chi connectivity index (χ3v) is 5.04. The van der Waals surface area contributed by atoms with Crippen molar-refractivity contribution in [1.29, 1.82) is 0 Å². The van der Waals surface area contributed by atoms with Crippen molar-refractivity contribution in [3.63, 3.8) is 0 Å². The smallest absolute Gasteiger partial charge is 0.337 e. The summed E-state index contributed by atoms with van der Waals surface area (Å²) in [6.07, 6.45) is 0.713. The fraction of sp³-hybridized carbons (Fsp3) is 0.115. The number of esters is 1. The second-order valence-corrected chi connectivity index (χ2v) is 7.18. The summed E-state index contributed by atoms with van der Waals surface area (Å²) in [5.74, 6) is 1.06. The zero-order valence-electron chi connectivity index (χ0n) is 17.5. The third kappa shape index (κ3) is 4.78. The summed E-state index contributed by atoms with van der Waals surface area (Å²) in [6, 6.07) is 27.3. The van der Waals surface area contributed by atoms with E-state index in [1.807, 2.05) is 67.6 Å². The van der Waals surface area contributed by atoms with Gasteiger partial charge < -0.3 is 10.1 Å². The largest absolute Gasteiger partial charge is 0.465 e. The molecule has 5 heteroatoms. The van der Waals surface area contributed by atoms with E-state index in [-0.39, 0.29) is 5.97 Å².